The molecule has 0 aliphatic carbocycles. The Hall–Kier alpha value is -0.850. The van der Waals surface area contributed by atoms with Crippen LogP contribution in [0.4, 0.5) is 4.79 Å². The molecule has 6 nitrogen and oxygen atoms in total. The molecule has 1 heterocycles. The van der Waals surface area contributed by atoms with Gasteiger partial charge in [0.05, 0.1) is 19.8 Å². The van der Waals surface area contributed by atoms with Crippen molar-refractivity contribution in [2.75, 3.05) is 20.3 Å². The van der Waals surface area contributed by atoms with E-state index in [9.17, 15) is 4.79 Å². The monoisotopic (exact) mass is 219 g/mol. The van der Waals surface area contributed by atoms with Crippen molar-refractivity contribution < 1.29 is 24.5 Å². The average molecular weight is 219 g/mol. The maximum atomic E-state index is 11.0. The fourth-order valence-electron chi connectivity index (χ4n) is 1.68. The van der Waals surface area contributed by atoms with Crippen LogP contribution < -0.4 is 5.32 Å². The summed E-state index contributed by atoms with van der Waals surface area (Å²) in [6.07, 6.45) is -0.613. The number of methoxy groups -OCH3 is 1. The second-order valence-corrected chi connectivity index (χ2v) is 3.55. The van der Waals surface area contributed by atoms with Gasteiger partial charge in [-0.3, -0.25) is 0 Å². The Morgan fingerprint density at radius 3 is 2.80 bits per heavy atom. The van der Waals surface area contributed by atoms with Crippen molar-refractivity contribution in [3.05, 3.63) is 0 Å². The standard InChI is InChI=1S/C9H17NO5/c1-14-9(13)10-7(8(11)12)6-3-2-4-15-5-6/h6-8,11-12H,2-5H2,1H3,(H,10,13)/t6-,7+/m1/s1. The van der Waals surface area contributed by atoms with E-state index in [4.69, 9.17) is 14.9 Å². The summed E-state index contributed by atoms with van der Waals surface area (Å²) in [5.74, 6) is -0.0853. The van der Waals surface area contributed by atoms with Crippen molar-refractivity contribution in [1.82, 2.24) is 5.32 Å². The molecule has 0 aromatic heterocycles. The highest BCUT2D eigenvalue weighted by Gasteiger charge is 2.30. The number of aliphatic hydroxyl groups is 2. The Bertz CT molecular complexity index is 203. The number of carbonyl (C=O) groups excluding carboxylic acids is 1. The molecular formula is C9H17NO5. The van der Waals surface area contributed by atoms with Crippen LogP contribution in [0, 0.1) is 5.92 Å². The molecule has 1 rings (SSSR count). The molecule has 88 valence electrons. The molecule has 0 radical (unpaired) electrons. The average Bonchev–Trinajstić information content (AvgIpc) is 2.26. The van der Waals surface area contributed by atoms with Crippen molar-refractivity contribution in [3.63, 3.8) is 0 Å². The van der Waals surface area contributed by atoms with Crippen molar-refractivity contribution >= 4 is 6.09 Å². The first-order valence-corrected chi connectivity index (χ1v) is 4.93. The molecule has 2 atom stereocenters. The van der Waals surface area contributed by atoms with Gasteiger partial charge in [-0.25, -0.2) is 4.79 Å². The molecular weight excluding hydrogens is 202 g/mol. The maximum Gasteiger partial charge on any atom is 0.407 e. The van der Waals surface area contributed by atoms with E-state index in [0.29, 0.717) is 13.2 Å². The number of hydrogen-bond acceptors (Lipinski definition) is 5. The van der Waals surface area contributed by atoms with Gasteiger partial charge in [-0.15, -0.1) is 0 Å². The summed E-state index contributed by atoms with van der Waals surface area (Å²) in [6.45, 7) is 1.11. The van der Waals surface area contributed by atoms with Crippen LogP contribution in [0.1, 0.15) is 12.8 Å². The first kappa shape index (κ1) is 12.2. The van der Waals surface area contributed by atoms with Crippen LogP contribution in [0.5, 0.6) is 0 Å². The molecule has 0 bridgehead atoms. The fraction of sp³-hybridized carbons (Fsp3) is 0.889. The molecule has 1 aliphatic rings. The molecule has 1 saturated heterocycles. The zero-order valence-corrected chi connectivity index (χ0v) is 8.68. The number of amides is 1. The minimum Gasteiger partial charge on any atom is -0.453 e. The summed E-state index contributed by atoms with van der Waals surface area (Å²) in [5, 5.41) is 20.7. The second kappa shape index (κ2) is 5.89. The lowest BCUT2D eigenvalue weighted by atomic mass is 9.93. The van der Waals surface area contributed by atoms with Gasteiger partial charge >= 0.3 is 6.09 Å². The highest BCUT2D eigenvalue weighted by atomic mass is 16.5. The largest absolute Gasteiger partial charge is 0.453 e. The number of ether oxygens (including phenoxy) is 2. The van der Waals surface area contributed by atoms with E-state index >= 15 is 0 Å². The van der Waals surface area contributed by atoms with Gasteiger partial charge in [-0.1, -0.05) is 0 Å². The van der Waals surface area contributed by atoms with Crippen LogP contribution in [0.25, 0.3) is 0 Å². The van der Waals surface area contributed by atoms with Crippen molar-refractivity contribution in [2.24, 2.45) is 5.92 Å². The van der Waals surface area contributed by atoms with Crippen LogP contribution in [-0.4, -0.2) is 49.0 Å². The van der Waals surface area contributed by atoms with E-state index in [1.165, 1.54) is 7.11 Å². The van der Waals surface area contributed by atoms with Gasteiger partial charge in [0.25, 0.3) is 0 Å². The number of aliphatic hydroxyl groups excluding tert-OH is 1. The number of nitrogens with one attached hydrogen (secondary N) is 1. The van der Waals surface area contributed by atoms with E-state index in [0.717, 1.165) is 12.8 Å². The molecule has 1 amide bonds. The van der Waals surface area contributed by atoms with Crippen molar-refractivity contribution in [2.45, 2.75) is 25.2 Å². The predicted octanol–water partition coefficient (Wildman–Crippen LogP) is -0.552. The smallest absolute Gasteiger partial charge is 0.407 e. The summed E-state index contributed by atoms with van der Waals surface area (Å²) in [7, 11) is 1.23. The molecule has 0 saturated carbocycles. The summed E-state index contributed by atoms with van der Waals surface area (Å²) in [5.41, 5.74) is 0. The highest BCUT2D eigenvalue weighted by molar-refractivity contribution is 5.67. The summed E-state index contributed by atoms with van der Waals surface area (Å²) >= 11 is 0. The first-order chi connectivity index (χ1) is 7.15. The van der Waals surface area contributed by atoms with Gasteiger partial charge < -0.3 is 25.0 Å². The quantitative estimate of drug-likeness (QED) is 0.554. The van der Waals surface area contributed by atoms with E-state index in [-0.39, 0.29) is 5.92 Å². The van der Waals surface area contributed by atoms with Gasteiger partial charge in [0.2, 0.25) is 0 Å². The summed E-state index contributed by atoms with van der Waals surface area (Å²) in [6, 6.07) is -0.738. The zero-order valence-electron chi connectivity index (χ0n) is 8.68. The Morgan fingerprint density at radius 2 is 2.33 bits per heavy atom. The lowest BCUT2D eigenvalue weighted by Crippen LogP contribution is -2.50. The van der Waals surface area contributed by atoms with E-state index < -0.39 is 18.4 Å². The summed E-state index contributed by atoms with van der Waals surface area (Å²) in [4.78, 5) is 11.0. The van der Waals surface area contributed by atoms with Crippen LogP contribution in [0.3, 0.4) is 0 Å². The van der Waals surface area contributed by atoms with Crippen LogP contribution in [-0.2, 0) is 9.47 Å². The van der Waals surface area contributed by atoms with Crippen LogP contribution in [0.15, 0.2) is 0 Å². The minimum absolute atomic E-state index is 0.0853. The Balaban J connectivity index is 2.51. The highest BCUT2D eigenvalue weighted by Crippen LogP contribution is 2.19. The van der Waals surface area contributed by atoms with Crippen molar-refractivity contribution in [1.29, 1.82) is 0 Å². The second-order valence-electron chi connectivity index (χ2n) is 3.55. The predicted molar refractivity (Wildman–Crippen MR) is 51.1 cm³/mol. The fourth-order valence-corrected chi connectivity index (χ4v) is 1.68. The Morgan fingerprint density at radius 1 is 1.60 bits per heavy atom. The summed E-state index contributed by atoms with van der Waals surface area (Å²) < 4.78 is 9.62. The normalized spacial score (nSPS) is 23.6. The van der Waals surface area contributed by atoms with Gasteiger partial charge in [0.15, 0.2) is 6.29 Å². The molecule has 15 heavy (non-hydrogen) atoms. The minimum atomic E-state index is -1.60. The lowest BCUT2D eigenvalue weighted by Gasteiger charge is -2.31. The zero-order chi connectivity index (χ0) is 11.3. The Kier molecular flexibility index (Phi) is 4.80. The van der Waals surface area contributed by atoms with Gasteiger partial charge in [-0.2, -0.15) is 0 Å². The molecule has 0 aromatic rings. The molecule has 1 fully saturated rings. The molecule has 6 heteroatoms. The van der Waals surface area contributed by atoms with E-state index in [1.807, 2.05) is 0 Å². The van der Waals surface area contributed by atoms with Crippen molar-refractivity contribution in [3.8, 4) is 0 Å². The molecule has 0 unspecified atom stereocenters. The molecule has 1 aliphatic heterocycles. The maximum absolute atomic E-state index is 11.0. The third-order valence-corrected chi connectivity index (χ3v) is 2.49. The lowest BCUT2D eigenvalue weighted by molar-refractivity contribution is -0.0957. The first-order valence-electron chi connectivity index (χ1n) is 4.93. The Labute approximate surface area is 88.2 Å². The SMILES string of the molecule is COC(=O)N[C@H](C(O)O)[C@@H]1CCCOC1. The number of hydrogen-bond donors (Lipinski definition) is 3. The molecule has 0 aromatic carbocycles. The van der Waals surface area contributed by atoms with E-state index in [2.05, 4.69) is 10.1 Å². The van der Waals surface area contributed by atoms with Gasteiger partial charge in [0, 0.05) is 12.5 Å². The topological polar surface area (TPSA) is 88.0 Å². The third kappa shape index (κ3) is 3.65. The van der Waals surface area contributed by atoms with Crippen LogP contribution >= 0.6 is 0 Å². The van der Waals surface area contributed by atoms with Crippen LogP contribution in [0.2, 0.25) is 0 Å². The third-order valence-electron chi connectivity index (χ3n) is 2.49. The number of alkyl carbamates (subject to hydrolysis) is 1. The number of rotatable bonds is 3. The van der Waals surface area contributed by atoms with E-state index in [1.54, 1.807) is 0 Å². The van der Waals surface area contributed by atoms with Gasteiger partial charge in [-0.05, 0) is 12.8 Å². The molecule has 3 N–H and O–H groups in total. The number of carbonyl (C=O) groups is 1. The van der Waals surface area contributed by atoms with Gasteiger partial charge in [0.1, 0.15) is 0 Å². The molecule has 0 spiro atoms.